The molecule has 0 bridgehead atoms. The Balaban J connectivity index is 1.96. The molecule has 1 heterocycles. The minimum Gasteiger partial charge on any atom is -0.258 e. The van der Waals surface area contributed by atoms with Crippen LogP contribution < -0.4 is 0 Å². The van der Waals surface area contributed by atoms with Crippen molar-refractivity contribution >= 4 is 39.4 Å². The summed E-state index contributed by atoms with van der Waals surface area (Å²) in [5.74, 6) is 0. The van der Waals surface area contributed by atoms with E-state index in [-0.39, 0.29) is 10.6 Å². The second-order valence-corrected chi connectivity index (χ2v) is 5.23. The zero-order valence-electron chi connectivity index (χ0n) is 10.4. The standard InChI is InChI=1S/C15H10N2O2S/c18-17(19)13-7-3-1-5-11(13)9-10-15-16-12-6-2-4-8-14(12)20-15/h1-10H/b10-9+. The molecule has 2 aromatic carbocycles. The largest absolute Gasteiger partial charge is 0.276 e. The second kappa shape index (κ2) is 5.22. The first-order valence-electron chi connectivity index (χ1n) is 6.01. The molecule has 3 aromatic rings. The van der Waals surface area contributed by atoms with E-state index in [1.807, 2.05) is 30.3 Å². The van der Waals surface area contributed by atoms with Gasteiger partial charge in [0.1, 0.15) is 5.01 Å². The fourth-order valence-corrected chi connectivity index (χ4v) is 2.79. The van der Waals surface area contributed by atoms with Crippen molar-refractivity contribution in [2.24, 2.45) is 0 Å². The maximum atomic E-state index is 10.9. The number of nitro groups is 1. The number of aromatic nitrogens is 1. The van der Waals surface area contributed by atoms with Crippen LogP contribution in [0.3, 0.4) is 0 Å². The Morgan fingerprint density at radius 1 is 1.05 bits per heavy atom. The summed E-state index contributed by atoms with van der Waals surface area (Å²) in [6, 6.07) is 14.5. The molecule has 0 fully saturated rings. The highest BCUT2D eigenvalue weighted by Gasteiger charge is 2.09. The summed E-state index contributed by atoms with van der Waals surface area (Å²) < 4.78 is 1.11. The van der Waals surface area contributed by atoms with E-state index < -0.39 is 0 Å². The van der Waals surface area contributed by atoms with Crippen LogP contribution in [-0.4, -0.2) is 9.91 Å². The van der Waals surface area contributed by atoms with Gasteiger partial charge in [-0.05, 0) is 30.4 Å². The second-order valence-electron chi connectivity index (χ2n) is 4.17. The molecular weight excluding hydrogens is 272 g/mol. The molecule has 0 spiro atoms. The van der Waals surface area contributed by atoms with E-state index in [1.54, 1.807) is 35.6 Å². The molecule has 20 heavy (non-hydrogen) atoms. The smallest absolute Gasteiger partial charge is 0.258 e. The molecule has 0 radical (unpaired) electrons. The summed E-state index contributed by atoms with van der Waals surface area (Å²) in [7, 11) is 0. The maximum absolute atomic E-state index is 10.9. The molecule has 0 saturated carbocycles. The third kappa shape index (κ3) is 2.44. The molecule has 0 amide bonds. The molecule has 0 unspecified atom stereocenters. The van der Waals surface area contributed by atoms with E-state index in [9.17, 15) is 10.1 Å². The zero-order chi connectivity index (χ0) is 13.9. The normalized spacial score (nSPS) is 11.2. The van der Waals surface area contributed by atoms with E-state index in [4.69, 9.17) is 0 Å². The molecule has 4 nitrogen and oxygen atoms in total. The van der Waals surface area contributed by atoms with Gasteiger partial charge in [0.2, 0.25) is 0 Å². The minimum atomic E-state index is -0.377. The molecule has 0 N–H and O–H groups in total. The van der Waals surface area contributed by atoms with E-state index in [2.05, 4.69) is 4.98 Å². The van der Waals surface area contributed by atoms with E-state index in [1.165, 1.54) is 6.07 Å². The first-order chi connectivity index (χ1) is 9.74. The van der Waals surface area contributed by atoms with Gasteiger partial charge < -0.3 is 0 Å². The SMILES string of the molecule is O=[N+]([O-])c1ccccc1/C=C/c1nc2ccccc2s1. The number of thiazole rings is 1. The van der Waals surface area contributed by atoms with Crippen molar-refractivity contribution in [3.63, 3.8) is 0 Å². The number of fused-ring (bicyclic) bond motifs is 1. The van der Waals surface area contributed by atoms with Crippen LogP contribution in [0.15, 0.2) is 48.5 Å². The van der Waals surface area contributed by atoms with Crippen molar-refractivity contribution in [3.8, 4) is 0 Å². The van der Waals surface area contributed by atoms with E-state index >= 15 is 0 Å². The Kier molecular flexibility index (Phi) is 3.26. The lowest BCUT2D eigenvalue weighted by Crippen LogP contribution is -1.90. The van der Waals surface area contributed by atoms with Gasteiger partial charge in [0.15, 0.2) is 0 Å². The highest BCUT2D eigenvalue weighted by atomic mass is 32.1. The van der Waals surface area contributed by atoms with Crippen LogP contribution in [0.5, 0.6) is 0 Å². The number of rotatable bonds is 3. The van der Waals surface area contributed by atoms with Crippen LogP contribution in [0, 0.1) is 10.1 Å². The minimum absolute atomic E-state index is 0.102. The first kappa shape index (κ1) is 12.5. The zero-order valence-corrected chi connectivity index (χ0v) is 11.2. The molecule has 0 aliphatic heterocycles. The van der Waals surface area contributed by atoms with Crippen LogP contribution >= 0.6 is 11.3 Å². The van der Waals surface area contributed by atoms with E-state index in [0.717, 1.165) is 15.2 Å². The Labute approximate surface area is 119 Å². The van der Waals surface area contributed by atoms with Gasteiger partial charge in [-0.3, -0.25) is 10.1 Å². The predicted molar refractivity (Wildman–Crippen MR) is 81.6 cm³/mol. The summed E-state index contributed by atoms with van der Waals surface area (Å²) in [6.45, 7) is 0. The van der Waals surface area contributed by atoms with Crippen molar-refractivity contribution in [3.05, 3.63) is 69.2 Å². The number of benzene rings is 2. The summed E-state index contributed by atoms with van der Waals surface area (Å²) in [6.07, 6.45) is 3.54. The average Bonchev–Trinajstić information content (AvgIpc) is 2.88. The lowest BCUT2D eigenvalue weighted by molar-refractivity contribution is -0.385. The van der Waals surface area contributed by atoms with Crippen LogP contribution in [0.4, 0.5) is 5.69 Å². The van der Waals surface area contributed by atoms with Gasteiger partial charge in [-0.25, -0.2) is 4.98 Å². The third-order valence-corrected chi connectivity index (χ3v) is 3.85. The molecule has 98 valence electrons. The fraction of sp³-hybridized carbons (Fsp3) is 0. The summed E-state index contributed by atoms with van der Waals surface area (Å²) >= 11 is 1.56. The van der Waals surface area contributed by atoms with E-state index in [0.29, 0.717) is 5.56 Å². The van der Waals surface area contributed by atoms with Crippen molar-refractivity contribution < 1.29 is 4.92 Å². The molecular formula is C15H10N2O2S. The van der Waals surface area contributed by atoms with Gasteiger partial charge in [-0.2, -0.15) is 0 Å². The number of nitro benzene ring substituents is 1. The van der Waals surface area contributed by atoms with Gasteiger partial charge in [-0.15, -0.1) is 11.3 Å². The fourth-order valence-electron chi connectivity index (χ4n) is 1.92. The summed E-state index contributed by atoms with van der Waals surface area (Å²) in [5.41, 5.74) is 1.63. The summed E-state index contributed by atoms with van der Waals surface area (Å²) in [4.78, 5) is 15.0. The first-order valence-corrected chi connectivity index (χ1v) is 6.83. The van der Waals surface area contributed by atoms with Crippen molar-refractivity contribution in [2.45, 2.75) is 0 Å². The van der Waals surface area contributed by atoms with Crippen LogP contribution in [0.25, 0.3) is 22.4 Å². The highest BCUT2D eigenvalue weighted by molar-refractivity contribution is 7.19. The Bertz CT molecular complexity index is 775. The topological polar surface area (TPSA) is 56.0 Å². The highest BCUT2D eigenvalue weighted by Crippen LogP contribution is 2.25. The third-order valence-electron chi connectivity index (χ3n) is 2.85. The number of hydrogen-bond acceptors (Lipinski definition) is 4. The Morgan fingerprint density at radius 3 is 2.60 bits per heavy atom. The number of nitrogens with zero attached hydrogens (tertiary/aromatic N) is 2. The monoisotopic (exact) mass is 282 g/mol. The Hall–Kier alpha value is -2.53. The van der Waals surface area contributed by atoms with Gasteiger partial charge in [0, 0.05) is 6.07 Å². The molecule has 3 rings (SSSR count). The van der Waals surface area contributed by atoms with Gasteiger partial charge in [-0.1, -0.05) is 24.3 Å². The predicted octanol–water partition coefficient (Wildman–Crippen LogP) is 4.37. The van der Waals surface area contributed by atoms with Crippen molar-refractivity contribution in [2.75, 3.05) is 0 Å². The molecule has 5 heteroatoms. The molecule has 1 aromatic heterocycles. The Morgan fingerprint density at radius 2 is 1.80 bits per heavy atom. The van der Waals surface area contributed by atoms with Gasteiger partial charge in [0.05, 0.1) is 20.7 Å². The van der Waals surface area contributed by atoms with Gasteiger partial charge in [0.25, 0.3) is 5.69 Å². The molecule has 0 aliphatic rings. The van der Waals surface area contributed by atoms with Crippen molar-refractivity contribution in [1.29, 1.82) is 0 Å². The molecule has 0 saturated heterocycles. The van der Waals surface area contributed by atoms with Crippen LogP contribution in [-0.2, 0) is 0 Å². The quantitative estimate of drug-likeness (QED) is 0.529. The number of para-hydroxylation sites is 2. The van der Waals surface area contributed by atoms with Crippen molar-refractivity contribution in [1.82, 2.24) is 4.98 Å². The summed E-state index contributed by atoms with van der Waals surface area (Å²) in [5, 5.41) is 11.8. The van der Waals surface area contributed by atoms with Crippen LogP contribution in [0.2, 0.25) is 0 Å². The molecule has 0 aliphatic carbocycles. The lowest BCUT2D eigenvalue weighted by Gasteiger charge is -1.95. The molecule has 0 atom stereocenters. The van der Waals surface area contributed by atoms with Crippen LogP contribution in [0.1, 0.15) is 10.6 Å². The maximum Gasteiger partial charge on any atom is 0.276 e. The van der Waals surface area contributed by atoms with Gasteiger partial charge >= 0.3 is 0 Å². The average molecular weight is 282 g/mol. The number of hydrogen-bond donors (Lipinski definition) is 0. The lowest BCUT2D eigenvalue weighted by atomic mass is 10.1.